The lowest BCUT2D eigenvalue weighted by Gasteiger charge is -2.14. The Bertz CT molecular complexity index is 404. The largest absolute Gasteiger partial charge is 0.468 e. The monoisotopic (exact) mass is 310 g/mol. The van der Waals surface area contributed by atoms with E-state index in [-0.39, 0.29) is 12.0 Å². The molecule has 0 heterocycles. The van der Waals surface area contributed by atoms with Crippen LogP contribution in [-0.2, 0) is 22.1 Å². The number of esters is 1. The van der Waals surface area contributed by atoms with Crippen LogP contribution in [0.25, 0.3) is 0 Å². The topological polar surface area (TPSA) is 26.3 Å². The molecule has 0 saturated heterocycles. The number of carbonyl (C=O) groups excluding carboxylic acids is 1. The van der Waals surface area contributed by atoms with Crippen LogP contribution in [0.3, 0.4) is 0 Å². The molecule has 0 aliphatic heterocycles. The van der Waals surface area contributed by atoms with Gasteiger partial charge in [0.25, 0.3) is 0 Å². The number of benzene rings is 1. The molecule has 1 rings (SSSR count). The molecule has 0 aliphatic carbocycles. The lowest BCUT2D eigenvalue weighted by Crippen LogP contribution is -2.20. The van der Waals surface area contributed by atoms with Crippen molar-refractivity contribution in [3.63, 3.8) is 0 Å². The third-order valence-corrected chi connectivity index (χ3v) is 2.88. The Balaban J connectivity index is 2.95. The van der Waals surface area contributed by atoms with Gasteiger partial charge in [-0.2, -0.15) is 13.2 Å². The zero-order valence-corrected chi connectivity index (χ0v) is 10.5. The minimum Gasteiger partial charge on any atom is -0.468 e. The predicted molar refractivity (Wildman–Crippen MR) is 59.9 cm³/mol. The summed E-state index contributed by atoms with van der Waals surface area (Å²) < 4.78 is 42.4. The van der Waals surface area contributed by atoms with Crippen LogP contribution in [0, 0.1) is 0 Å². The molecule has 0 spiro atoms. The number of halogens is 4. The highest BCUT2D eigenvalue weighted by atomic mass is 79.9. The van der Waals surface area contributed by atoms with Gasteiger partial charge < -0.3 is 4.74 Å². The Morgan fingerprint density at radius 3 is 2.53 bits per heavy atom. The minimum atomic E-state index is -4.42. The maximum atomic E-state index is 12.7. The molecule has 2 nitrogen and oxygen atoms in total. The minimum absolute atomic E-state index is 0.0623. The summed E-state index contributed by atoms with van der Waals surface area (Å²) in [5, 5.41) is 0. The van der Waals surface area contributed by atoms with Gasteiger partial charge in [-0.1, -0.05) is 34.1 Å². The van der Waals surface area contributed by atoms with Crippen LogP contribution in [0.5, 0.6) is 0 Å². The van der Waals surface area contributed by atoms with Crippen molar-refractivity contribution < 1.29 is 22.7 Å². The van der Waals surface area contributed by atoms with Gasteiger partial charge in [0.1, 0.15) is 4.83 Å². The molecule has 17 heavy (non-hydrogen) atoms. The van der Waals surface area contributed by atoms with Gasteiger partial charge in [0.05, 0.1) is 12.7 Å². The van der Waals surface area contributed by atoms with E-state index in [0.717, 1.165) is 6.07 Å². The molecule has 0 amide bonds. The van der Waals surface area contributed by atoms with Crippen molar-refractivity contribution in [3.05, 3.63) is 35.4 Å². The molecule has 1 atom stereocenters. The highest BCUT2D eigenvalue weighted by molar-refractivity contribution is 9.10. The predicted octanol–water partition coefficient (Wildman–Crippen LogP) is 3.18. The highest BCUT2D eigenvalue weighted by Gasteiger charge is 2.33. The number of carbonyl (C=O) groups is 1. The van der Waals surface area contributed by atoms with Gasteiger partial charge in [0, 0.05) is 0 Å². The van der Waals surface area contributed by atoms with E-state index in [4.69, 9.17) is 0 Å². The van der Waals surface area contributed by atoms with Crippen LogP contribution in [0.1, 0.15) is 11.1 Å². The first-order valence-electron chi connectivity index (χ1n) is 4.73. The molecule has 0 aromatic heterocycles. The normalized spacial score (nSPS) is 13.2. The number of rotatable bonds is 3. The zero-order valence-electron chi connectivity index (χ0n) is 8.92. The van der Waals surface area contributed by atoms with Gasteiger partial charge in [-0.15, -0.1) is 0 Å². The van der Waals surface area contributed by atoms with E-state index < -0.39 is 22.5 Å². The summed E-state index contributed by atoms with van der Waals surface area (Å²) >= 11 is 3.00. The second kappa shape index (κ2) is 5.53. The van der Waals surface area contributed by atoms with E-state index >= 15 is 0 Å². The van der Waals surface area contributed by atoms with Crippen LogP contribution >= 0.6 is 15.9 Å². The van der Waals surface area contributed by atoms with Crippen molar-refractivity contribution in [2.45, 2.75) is 17.4 Å². The van der Waals surface area contributed by atoms with Crippen LogP contribution in [0.4, 0.5) is 13.2 Å². The van der Waals surface area contributed by atoms with Crippen molar-refractivity contribution in [1.82, 2.24) is 0 Å². The number of alkyl halides is 4. The molecule has 0 radical (unpaired) electrons. The molecule has 0 bridgehead atoms. The Kier molecular flexibility index (Phi) is 4.56. The van der Waals surface area contributed by atoms with E-state index in [9.17, 15) is 18.0 Å². The first-order valence-corrected chi connectivity index (χ1v) is 5.65. The number of ether oxygens (including phenoxy) is 1. The van der Waals surface area contributed by atoms with Gasteiger partial charge in [-0.05, 0) is 18.1 Å². The summed E-state index contributed by atoms with van der Waals surface area (Å²) in [7, 11) is 1.19. The second-order valence-electron chi connectivity index (χ2n) is 3.35. The van der Waals surface area contributed by atoms with E-state index in [2.05, 4.69) is 20.7 Å². The summed E-state index contributed by atoms with van der Waals surface area (Å²) in [6, 6.07) is 5.15. The maximum absolute atomic E-state index is 12.7. The Hall–Kier alpha value is -1.04. The molecule has 6 heteroatoms. The Morgan fingerprint density at radius 1 is 1.41 bits per heavy atom. The van der Waals surface area contributed by atoms with Crippen LogP contribution < -0.4 is 0 Å². The van der Waals surface area contributed by atoms with E-state index in [0.29, 0.717) is 0 Å². The number of hydrogen-bond acceptors (Lipinski definition) is 2. The van der Waals surface area contributed by atoms with Crippen LogP contribution in [0.15, 0.2) is 24.3 Å². The summed E-state index contributed by atoms with van der Waals surface area (Å²) in [4.78, 5) is 10.3. The fourth-order valence-corrected chi connectivity index (χ4v) is 1.91. The molecule has 0 aliphatic rings. The van der Waals surface area contributed by atoms with Gasteiger partial charge in [0.2, 0.25) is 0 Å². The molecular formula is C11H10BrF3O2. The molecule has 1 aromatic carbocycles. The average Bonchev–Trinajstić information content (AvgIpc) is 2.27. The van der Waals surface area contributed by atoms with Gasteiger partial charge in [-0.25, -0.2) is 0 Å². The third-order valence-electron chi connectivity index (χ3n) is 2.18. The Labute approximate surface area is 105 Å². The second-order valence-corrected chi connectivity index (χ2v) is 4.46. The van der Waals surface area contributed by atoms with Gasteiger partial charge >= 0.3 is 12.1 Å². The molecule has 94 valence electrons. The highest BCUT2D eigenvalue weighted by Crippen LogP contribution is 2.32. The zero-order chi connectivity index (χ0) is 13.1. The van der Waals surface area contributed by atoms with Crippen molar-refractivity contribution in [2.24, 2.45) is 0 Å². The van der Waals surface area contributed by atoms with Gasteiger partial charge in [0.15, 0.2) is 0 Å². The molecule has 1 aromatic rings. The maximum Gasteiger partial charge on any atom is 0.416 e. The molecule has 0 fully saturated rings. The first kappa shape index (κ1) is 14.0. The summed E-state index contributed by atoms with van der Waals surface area (Å²) in [6.07, 6.45) is -4.48. The average molecular weight is 311 g/mol. The molecule has 0 N–H and O–H groups in total. The fraction of sp³-hybridized carbons (Fsp3) is 0.364. The van der Waals surface area contributed by atoms with E-state index in [1.807, 2.05) is 0 Å². The summed E-state index contributed by atoms with van der Waals surface area (Å²) in [5.41, 5.74) is -0.666. The standard InChI is InChI=1S/C11H10BrF3O2/c1-17-10(16)9(12)6-7-4-2-3-5-8(7)11(13,14)15/h2-5,9H,6H2,1H3. The SMILES string of the molecule is COC(=O)C(Br)Cc1ccccc1C(F)(F)F. The van der Waals surface area contributed by atoms with Crippen molar-refractivity contribution in [2.75, 3.05) is 7.11 Å². The summed E-state index contributed by atoms with van der Waals surface area (Å²) in [6.45, 7) is 0. The molecule has 1 unspecified atom stereocenters. The Morgan fingerprint density at radius 2 is 2.00 bits per heavy atom. The summed E-state index contributed by atoms with van der Waals surface area (Å²) in [5.74, 6) is -0.595. The number of hydrogen-bond donors (Lipinski definition) is 0. The van der Waals surface area contributed by atoms with Gasteiger partial charge in [-0.3, -0.25) is 4.79 Å². The quantitative estimate of drug-likeness (QED) is 0.633. The fourth-order valence-electron chi connectivity index (χ4n) is 1.38. The van der Waals surface area contributed by atoms with E-state index in [1.54, 1.807) is 0 Å². The number of methoxy groups -OCH3 is 1. The van der Waals surface area contributed by atoms with Crippen LogP contribution in [-0.4, -0.2) is 17.9 Å². The van der Waals surface area contributed by atoms with Crippen molar-refractivity contribution in [1.29, 1.82) is 0 Å². The van der Waals surface area contributed by atoms with Crippen molar-refractivity contribution >= 4 is 21.9 Å². The first-order chi connectivity index (χ1) is 7.86. The lowest BCUT2D eigenvalue weighted by atomic mass is 10.0. The van der Waals surface area contributed by atoms with Crippen molar-refractivity contribution in [3.8, 4) is 0 Å². The third kappa shape index (κ3) is 3.73. The lowest BCUT2D eigenvalue weighted by molar-refractivity contribution is -0.141. The smallest absolute Gasteiger partial charge is 0.416 e. The van der Waals surface area contributed by atoms with Crippen LogP contribution in [0.2, 0.25) is 0 Å². The van der Waals surface area contributed by atoms with E-state index in [1.165, 1.54) is 25.3 Å². The molecular weight excluding hydrogens is 301 g/mol. The molecule has 0 saturated carbocycles.